The second-order valence-corrected chi connectivity index (χ2v) is 4.85. The molecule has 3 nitrogen and oxygen atoms in total. The van der Waals surface area contributed by atoms with Gasteiger partial charge in [-0.05, 0) is 50.8 Å². The maximum Gasteiger partial charge on any atom is 0.141 e. The van der Waals surface area contributed by atoms with Crippen molar-refractivity contribution in [1.29, 1.82) is 0 Å². The fourth-order valence-corrected chi connectivity index (χ4v) is 2.31. The Morgan fingerprint density at radius 3 is 3.00 bits per heavy atom. The Labute approximate surface area is 114 Å². The molecule has 0 amide bonds. The predicted octanol–water partition coefficient (Wildman–Crippen LogP) is 2.35. The van der Waals surface area contributed by atoms with Crippen LogP contribution in [0.15, 0.2) is 12.3 Å². The summed E-state index contributed by atoms with van der Waals surface area (Å²) < 4.78 is 13.3. The van der Waals surface area contributed by atoms with Crippen LogP contribution < -0.4 is 11.1 Å². The van der Waals surface area contributed by atoms with E-state index in [9.17, 15) is 4.39 Å². The summed E-state index contributed by atoms with van der Waals surface area (Å²) in [6.45, 7) is 2.99. The van der Waals surface area contributed by atoms with Crippen LogP contribution in [0, 0.1) is 5.82 Å². The van der Waals surface area contributed by atoms with Gasteiger partial charge in [-0.1, -0.05) is 0 Å². The number of aromatic nitrogens is 1. The van der Waals surface area contributed by atoms with Gasteiger partial charge < -0.3 is 11.1 Å². The number of hydrogen-bond acceptors (Lipinski definition) is 3. The third-order valence-corrected chi connectivity index (χ3v) is 3.24. The Bertz CT molecular complexity index is 378. The molecule has 3 N–H and O–H groups in total. The van der Waals surface area contributed by atoms with Crippen molar-refractivity contribution in [3.05, 3.63) is 29.3 Å². The molecule has 18 heavy (non-hydrogen) atoms. The smallest absolute Gasteiger partial charge is 0.141 e. The first kappa shape index (κ1) is 15.3. The van der Waals surface area contributed by atoms with E-state index in [1.54, 1.807) is 6.07 Å². The highest BCUT2D eigenvalue weighted by Gasteiger charge is 2.20. The summed E-state index contributed by atoms with van der Waals surface area (Å²) in [5, 5.41) is 3.39. The third kappa shape index (κ3) is 3.90. The molecule has 102 valence electrons. The standard InChI is InChI=1S/C13H20FN3.ClH/c1-9(15)4-5-13-11(7-10(14)8-17-13)12-3-2-6-16-12;/h7-9,12,16H,2-6,15H2,1H3;1H/t9-,12-;/m1./s1. The molecule has 2 heterocycles. The number of nitrogens with one attached hydrogen (secondary N) is 1. The van der Waals surface area contributed by atoms with Crippen molar-refractivity contribution in [3.63, 3.8) is 0 Å². The second-order valence-electron chi connectivity index (χ2n) is 4.85. The van der Waals surface area contributed by atoms with E-state index in [2.05, 4.69) is 10.3 Å². The van der Waals surface area contributed by atoms with Crippen LogP contribution >= 0.6 is 12.4 Å². The molecule has 0 radical (unpaired) electrons. The average molecular weight is 274 g/mol. The van der Waals surface area contributed by atoms with Gasteiger partial charge in [0.15, 0.2) is 0 Å². The average Bonchev–Trinajstić information content (AvgIpc) is 2.80. The molecule has 1 aromatic rings. The quantitative estimate of drug-likeness (QED) is 0.885. The summed E-state index contributed by atoms with van der Waals surface area (Å²) in [7, 11) is 0. The topological polar surface area (TPSA) is 50.9 Å². The van der Waals surface area contributed by atoms with Gasteiger partial charge in [-0.25, -0.2) is 4.39 Å². The van der Waals surface area contributed by atoms with E-state index in [1.807, 2.05) is 6.92 Å². The van der Waals surface area contributed by atoms with Gasteiger partial charge in [0, 0.05) is 17.8 Å². The zero-order chi connectivity index (χ0) is 12.3. The maximum atomic E-state index is 13.3. The largest absolute Gasteiger partial charge is 0.328 e. The number of halogens is 2. The monoisotopic (exact) mass is 273 g/mol. The molecule has 1 aliphatic heterocycles. The van der Waals surface area contributed by atoms with Crippen molar-refractivity contribution in [1.82, 2.24) is 10.3 Å². The van der Waals surface area contributed by atoms with Crippen LogP contribution in [0.4, 0.5) is 4.39 Å². The Balaban J connectivity index is 0.00000162. The first-order chi connectivity index (χ1) is 8.16. The first-order valence-electron chi connectivity index (χ1n) is 6.30. The fourth-order valence-electron chi connectivity index (χ4n) is 2.31. The van der Waals surface area contributed by atoms with E-state index in [1.165, 1.54) is 6.20 Å². The Morgan fingerprint density at radius 1 is 1.61 bits per heavy atom. The Morgan fingerprint density at radius 2 is 2.39 bits per heavy atom. The van der Waals surface area contributed by atoms with E-state index in [0.29, 0.717) is 0 Å². The van der Waals surface area contributed by atoms with E-state index >= 15 is 0 Å². The van der Waals surface area contributed by atoms with Crippen LogP contribution in [0.25, 0.3) is 0 Å². The normalized spacial score (nSPS) is 20.5. The SMILES string of the molecule is C[C@@H](N)CCc1ncc(F)cc1[C@H]1CCCN1.Cl. The van der Waals surface area contributed by atoms with E-state index in [4.69, 9.17) is 5.73 Å². The molecule has 0 aliphatic carbocycles. The molecule has 1 saturated heterocycles. The van der Waals surface area contributed by atoms with Gasteiger partial charge in [0.25, 0.3) is 0 Å². The van der Waals surface area contributed by atoms with Crippen molar-refractivity contribution in [2.75, 3.05) is 6.54 Å². The molecule has 1 aromatic heterocycles. The van der Waals surface area contributed by atoms with Crippen molar-refractivity contribution in [3.8, 4) is 0 Å². The zero-order valence-corrected chi connectivity index (χ0v) is 11.5. The first-order valence-corrected chi connectivity index (χ1v) is 6.30. The molecule has 0 unspecified atom stereocenters. The van der Waals surface area contributed by atoms with Gasteiger partial charge in [0.2, 0.25) is 0 Å². The molecular weight excluding hydrogens is 253 g/mol. The molecule has 0 spiro atoms. The molecule has 0 aromatic carbocycles. The van der Waals surface area contributed by atoms with Gasteiger partial charge in [-0.15, -0.1) is 12.4 Å². The van der Waals surface area contributed by atoms with E-state index in [-0.39, 0.29) is 30.3 Å². The predicted molar refractivity (Wildman–Crippen MR) is 73.4 cm³/mol. The molecule has 0 saturated carbocycles. The molecule has 1 fully saturated rings. The number of nitrogens with zero attached hydrogens (tertiary/aromatic N) is 1. The summed E-state index contributed by atoms with van der Waals surface area (Å²) in [6.07, 6.45) is 5.23. The Kier molecular flexibility index (Phi) is 5.99. The van der Waals surface area contributed by atoms with Crippen molar-refractivity contribution >= 4 is 12.4 Å². The lowest BCUT2D eigenvalue weighted by Crippen LogP contribution is -2.19. The zero-order valence-electron chi connectivity index (χ0n) is 10.7. The highest BCUT2D eigenvalue weighted by atomic mass is 35.5. The summed E-state index contributed by atoms with van der Waals surface area (Å²) >= 11 is 0. The summed E-state index contributed by atoms with van der Waals surface area (Å²) in [5.41, 5.74) is 7.76. The van der Waals surface area contributed by atoms with Crippen LogP contribution in [0.3, 0.4) is 0 Å². The van der Waals surface area contributed by atoms with E-state index in [0.717, 1.165) is 43.5 Å². The van der Waals surface area contributed by atoms with Crippen molar-refractivity contribution in [2.24, 2.45) is 5.73 Å². The van der Waals surface area contributed by atoms with Crippen LogP contribution in [0.1, 0.15) is 43.5 Å². The number of pyridine rings is 1. The number of nitrogens with two attached hydrogens (primary N) is 1. The summed E-state index contributed by atoms with van der Waals surface area (Å²) in [6, 6.07) is 2.04. The molecule has 1 aliphatic rings. The van der Waals surface area contributed by atoms with Crippen LogP contribution in [0.2, 0.25) is 0 Å². The summed E-state index contributed by atoms with van der Waals surface area (Å²) in [5.74, 6) is -0.252. The highest BCUT2D eigenvalue weighted by Crippen LogP contribution is 2.26. The molecule has 5 heteroatoms. The molecule has 2 rings (SSSR count). The number of hydrogen-bond donors (Lipinski definition) is 2. The minimum absolute atomic E-state index is 0. The Hall–Kier alpha value is -0.710. The third-order valence-electron chi connectivity index (χ3n) is 3.24. The lowest BCUT2D eigenvalue weighted by atomic mass is 9.99. The van der Waals surface area contributed by atoms with Gasteiger partial charge in [-0.2, -0.15) is 0 Å². The van der Waals surface area contributed by atoms with Crippen molar-refractivity contribution in [2.45, 2.75) is 44.7 Å². The maximum absolute atomic E-state index is 13.3. The second kappa shape index (κ2) is 7.02. The summed E-state index contributed by atoms with van der Waals surface area (Å²) in [4.78, 5) is 4.22. The number of aryl methyl sites for hydroxylation is 1. The van der Waals surface area contributed by atoms with Crippen molar-refractivity contribution < 1.29 is 4.39 Å². The molecular formula is C13H21ClFN3. The van der Waals surface area contributed by atoms with Crippen LogP contribution in [0.5, 0.6) is 0 Å². The lowest BCUT2D eigenvalue weighted by molar-refractivity contribution is 0.581. The van der Waals surface area contributed by atoms with Gasteiger partial charge >= 0.3 is 0 Å². The highest BCUT2D eigenvalue weighted by molar-refractivity contribution is 5.85. The van der Waals surface area contributed by atoms with Gasteiger partial charge in [-0.3, -0.25) is 4.98 Å². The molecule has 2 atom stereocenters. The van der Waals surface area contributed by atoms with Crippen LogP contribution in [-0.2, 0) is 6.42 Å². The van der Waals surface area contributed by atoms with Crippen LogP contribution in [-0.4, -0.2) is 17.6 Å². The van der Waals surface area contributed by atoms with Gasteiger partial charge in [0.05, 0.1) is 6.20 Å². The number of rotatable bonds is 4. The minimum Gasteiger partial charge on any atom is -0.328 e. The minimum atomic E-state index is -0.252. The lowest BCUT2D eigenvalue weighted by Gasteiger charge is -2.15. The molecule has 0 bridgehead atoms. The van der Waals surface area contributed by atoms with E-state index < -0.39 is 0 Å². The van der Waals surface area contributed by atoms with Gasteiger partial charge in [0.1, 0.15) is 5.82 Å². The fraction of sp³-hybridized carbons (Fsp3) is 0.615.